The smallest absolute Gasteiger partial charge is 0.160 e. The van der Waals surface area contributed by atoms with Crippen molar-refractivity contribution in [3.05, 3.63) is 339 Å². The molecule has 0 aliphatic heterocycles. The molecule has 14 aromatic carbocycles. The average molecular weight is 1220 g/mol. The fourth-order valence-corrected chi connectivity index (χ4v) is 14.9. The van der Waals surface area contributed by atoms with Gasteiger partial charge in [0.15, 0.2) is 5.82 Å². The SMILES string of the molecule is N#Cc1ccc(-c2ccc(-c3cc(-c4cccc(-n5c6ccccc6c6cc(-c7ccc8c(c7)c7ccccc7n8-c7ccccc7)ccc65)c4)nc(-c4cccc(-n5c6ccccc6c6cc(-c7ccc8c(c7)c7ccccc7n8-c7ccccc7)ccc65)c4)n3)cc2)cc1. The molecular formula is C89H55N7. The van der Waals surface area contributed by atoms with E-state index in [0.29, 0.717) is 11.4 Å². The average Bonchev–Trinajstić information content (AvgIpc) is 1.59. The van der Waals surface area contributed by atoms with Gasteiger partial charge >= 0.3 is 0 Å². The van der Waals surface area contributed by atoms with Gasteiger partial charge in [-0.25, -0.2) is 9.97 Å². The molecule has 446 valence electrons. The Morgan fingerprint density at radius 1 is 0.208 bits per heavy atom. The number of nitriles is 1. The van der Waals surface area contributed by atoms with Crippen LogP contribution < -0.4 is 0 Å². The summed E-state index contributed by atoms with van der Waals surface area (Å²) in [6.45, 7) is 0. The first kappa shape index (κ1) is 54.6. The molecule has 0 unspecified atom stereocenters. The zero-order valence-corrected chi connectivity index (χ0v) is 51.9. The van der Waals surface area contributed by atoms with Crippen LogP contribution in [0.4, 0.5) is 0 Å². The summed E-state index contributed by atoms with van der Waals surface area (Å²) in [4.78, 5) is 11.0. The molecule has 5 aromatic heterocycles. The zero-order valence-electron chi connectivity index (χ0n) is 51.9. The van der Waals surface area contributed by atoms with Crippen LogP contribution in [-0.2, 0) is 0 Å². The summed E-state index contributed by atoms with van der Waals surface area (Å²) in [6.07, 6.45) is 0. The Labute approximate surface area is 552 Å². The molecule has 0 bridgehead atoms. The molecule has 7 nitrogen and oxygen atoms in total. The van der Waals surface area contributed by atoms with Crippen molar-refractivity contribution in [2.75, 3.05) is 0 Å². The van der Waals surface area contributed by atoms with E-state index in [2.05, 4.69) is 334 Å². The summed E-state index contributed by atoms with van der Waals surface area (Å²) in [6, 6.07) is 122. The molecule has 0 radical (unpaired) electrons. The number of rotatable bonds is 10. The van der Waals surface area contributed by atoms with Crippen LogP contribution in [0.5, 0.6) is 0 Å². The van der Waals surface area contributed by atoms with Gasteiger partial charge in [0, 0.05) is 82.5 Å². The highest BCUT2D eigenvalue weighted by Crippen LogP contribution is 2.42. The lowest BCUT2D eigenvalue weighted by Crippen LogP contribution is -1.99. The third-order valence-corrected chi connectivity index (χ3v) is 19.4. The minimum atomic E-state index is 0.616. The van der Waals surface area contributed by atoms with E-state index in [9.17, 15) is 5.26 Å². The van der Waals surface area contributed by atoms with E-state index >= 15 is 0 Å². The summed E-state index contributed by atoms with van der Waals surface area (Å²) < 4.78 is 9.51. The number of hydrogen-bond acceptors (Lipinski definition) is 3. The van der Waals surface area contributed by atoms with Crippen LogP contribution in [0.2, 0.25) is 0 Å². The molecule has 96 heavy (non-hydrogen) atoms. The predicted molar refractivity (Wildman–Crippen MR) is 397 cm³/mol. The van der Waals surface area contributed by atoms with E-state index in [-0.39, 0.29) is 0 Å². The fourth-order valence-electron chi connectivity index (χ4n) is 14.9. The second kappa shape index (κ2) is 22.0. The summed E-state index contributed by atoms with van der Waals surface area (Å²) in [5.41, 5.74) is 25.3. The van der Waals surface area contributed by atoms with Crippen LogP contribution in [0, 0.1) is 11.3 Å². The number of hydrogen-bond donors (Lipinski definition) is 0. The van der Waals surface area contributed by atoms with Crippen molar-refractivity contribution in [1.82, 2.24) is 28.2 Å². The van der Waals surface area contributed by atoms with Gasteiger partial charge in [0.25, 0.3) is 0 Å². The van der Waals surface area contributed by atoms with E-state index < -0.39 is 0 Å². The van der Waals surface area contributed by atoms with Crippen molar-refractivity contribution >= 4 is 87.2 Å². The normalized spacial score (nSPS) is 11.7. The minimum absolute atomic E-state index is 0.616. The van der Waals surface area contributed by atoms with Gasteiger partial charge in [-0.1, -0.05) is 194 Å². The first-order valence-electron chi connectivity index (χ1n) is 32.5. The van der Waals surface area contributed by atoms with Gasteiger partial charge in [-0.3, -0.25) is 0 Å². The fraction of sp³-hybridized carbons (Fsp3) is 0. The predicted octanol–water partition coefficient (Wildman–Crippen LogP) is 22.7. The highest BCUT2D eigenvalue weighted by molar-refractivity contribution is 6.15. The standard InChI is InChI=1S/C89H55N7/c90-56-57-33-35-58(36-34-57)59-37-39-60(40-38-59)79-55-80(65-17-15-23-69(49-65)95-83-31-13-9-27-73(83)77-53-63(43-47-87(77)95)61-41-45-85-75(51-61)71-25-7-11-29-81(71)93(85)67-19-3-1-4-20-67)92-89(91-79)66-18-16-24-70(50-66)96-84-32-14-10-28-74(84)78-54-64(44-48-88(78)96)62-42-46-86-76(52-62)72-26-8-12-30-82(72)94(86)68-21-5-2-6-22-68/h1-55H. The number of aromatic nitrogens is 6. The monoisotopic (exact) mass is 1220 g/mol. The van der Waals surface area contributed by atoms with Crippen molar-refractivity contribution in [2.24, 2.45) is 0 Å². The first-order valence-corrected chi connectivity index (χ1v) is 32.5. The Morgan fingerprint density at radius 2 is 0.510 bits per heavy atom. The second-order valence-corrected chi connectivity index (χ2v) is 24.8. The van der Waals surface area contributed by atoms with E-state index in [1.807, 2.05) is 24.3 Å². The summed E-state index contributed by atoms with van der Waals surface area (Å²) in [5, 5.41) is 19.2. The number of para-hydroxylation sites is 6. The Balaban J connectivity index is 0.717. The highest BCUT2D eigenvalue weighted by Gasteiger charge is 2.21. The molecule has 0 N–H and O–H groups in total. The summed E-state index contributed by atoms with van der Waals surface area (Å²) >= 11 is 0. The van der Waals surface area contributed by atoms with Crippen LogP contribution >= 0.6 is 0 Å². The maximum atomic E-state index is 9.54. The van der Waals surface area contributed by atoms with Crippen molar-refractivity contribution in [2.45, 2.75) is 0 Å². The van der Waals surface area contributed by atoms with Crippen LogP contribution in [0.3, 0.4) is 0 Å². The van der Waals surface area contributed by atoms with Crippen LogP contribution in [-0.4, -0.2) is 28.2 Å². The number of nitrogens with zero attached hydrogens (tertiary/aromatic N) is 7. The molecule has 0 atom stereocenters. The van der Waals surface area contributed by atoms with Crippen molar-refractivity contribution in [1.29, 1.82) is 5.26 Å². The van der Waals surface area contributed by atoms with E-state index in [1.54, 1.807) is 0 Å². The van der Waals surface area contributed by atoms with Crippen LogP contribution in [0.15, 0.2) is 334 Å². The number of fused-ring (bicyclic) bond motifs is 12. The molecule has 19 aromatic rings. The third-order valence-electron chi connectivity index (χ3n) is 19.4. The molecule has 0 saturated carbocycles. The van der Waals surface area contributed by atoms with Gasteiger partial charge in [0.1, 0.15) is 0 Å². The van der Waals surface area contributed by atoms with Crippen molar-refractivity contribution in [3.63, 3.8) is 0 Å². The Bertz CT molecular complexity index is 6040. The lowest BCUT2D eigenvalue weighted by Gasteiger charge is -2.14. The minimum Gasteiger partial charge on any atom is -0.309 e. The molecule has 0 aliphatic rings. The molecule has 5 heterocycles. The molecule has 0 aliphatic carbocycles. The molecule has 0 spiro atoms. The third kappa shape index (κ3) is 8.89. The van der Waals surface area contributed by atoms with E-state index in [4.69, 9.17) is 9.97 Å². The van der Waals surface area contributed by atoms with Gasteiger partial charge in [0.05, 0.1) is 67.2 Å². The van der Waals surface area contributed by atoms with Gasteiger partial charge in [-0.2, -0.15) is 5.26 Å². The first-order chi connectivity index (χ1) is 47.5. The zero-order chi connectivity index (χ0) is 63.4. The number of benzene rings is 14. The summed E-state index contributed by atoms with van der Waals surface area (Å²) in [7, 11) is 0. The van der Waals surface area contributed by atoms with Crippen LogP contribution in [0.25, 0.3) is 177 Å². The molecule has 0 saturated heterocycles. The van der Waals surface area contributed by atoms with E-state index in [1.165, 1.54) is 76.3 Å². The lowest BCUT2D eigenvalue weighted by molar-refractivity contribution is 1.15. The van der Waals surface area contributed by atoms with Gasteiger partial charge in [-0.05, 0) is 173 Å². The quantitative estimate of drug-likeness (QED) is 0.137. The summed E-state index contributed by atoms with van der Waals surface area (Å²) in [5.74, 6) is 0.616. The Hall–Kier alpha value is -13.2. The highest BCUT2D eigenvalue weighted by atomic mass is 15.0. The lowest BCUT2D eigenvalue weighted by atomic mass is 10.0. The Morgan fingerprint density at radius 3 is 0.917 bits per heavy atom. The molecular weight excluding hydrogens is 1170 g/mol. The molecule has 7 heteroatoms. The molecule has 19 rings (SSSR count). The largest absolute Gasteiger partial charge is 0.309 e. The van der Waals surface area contributed by atoms with Crippen molar-refractivity contribution in [3.8, 4) is 96.1 Å². The van der Waals surface area contributed by atoms with Gasteiger partial charge < -0.3 is 18.3 Å². The Kier molecular flexibility index (Phi) is 12.5. The second-order valence-electron chi connectivity index (χ2n) is 24.8. The molecule has 0 fully saturated rings. The van der Waals surface area contributed by atoms with Gasteiger partial charge in [0.2, 0.25) is 0 Å². The maximum absolute atomic E-state index is 9.54. The topological polar surface area (TPSA) is 69.3 Å². The maximum Gasteiger partial charge on any atom is 0.160 e. The van der Waals surface area contributed by atoms with Crippen LogP contribution in [0.1, 0.15) is 5.56 Å². The van der Waals surface area contributed by atoms with Crippen molar-refractivity contribution < 1.29 is 0 Å². The van der Waals surface area contributed by atoms with E-state index in [0.717, 1.165) is 95.1 Å². The van der Waals surface area contributed by atoms with Gasteiger partial charge in [-0.15, -0.1) is 0 Å². The molecule has 0 amide bonds.